The van der Waals surface area contributed by atoms with Crippen molar-refractivity contribution >= 4 is 0 Å². The summed E-state index contributed by atoms with van der Waals surface area (Å²) in [6.45, 7) is 8.17. The van der Waals surface area contributed by atoms with E-state index in [0.717, 1.165) is 12.5 Å². The highest BCUT2D eigenvalue weighted by Gasteiger charge is 2.17. The fourth-order valence-corrected chi connectivity index (χ4v) is 2.50. The van der Waals surface area contributed by atoms with Crippen LogP contribution in [0.25, 0.3) is 0 Å². The molecule has 0 N–H and O–H groups in total. The van der Waals surface area contributed by atoms with Gasteiger partial charge in [0.25, 0.3) is 0 Å². The van der Waals surface area contributed by atoms with E-state index in [1.807, 2.05) is 0 Å². The van der Waals surface area contributed by atoms with Gasteiger partial charge in [-0.15, -0.1) is 0 Å². The van der Waals surface area contributed by atoms with E-state index in [1.165, 1.54) is 43.5 Å². The Bertz CT molecular complexity index is 307. The van der Waals surface area contributed by atoms with E-state index < -0.39 is 0 Å². The van der Waals surface area contributed by atoms with Gasteiger partial charge in [0.05, 0.1) is 0 Å². The molecule has 88 valence electrons. The highest BCUT2D eigenvalue weighted by atomic mass is 15.1. The molecule has 0 spiro atoms. The first-order valence-corrected chi connectivity index (χ1v) is 6.56. The van der Waals surface area contributed by atoms with Crippen molar-refractivity contribution in [2.45, 2.75) is 39.7 Å². The van der Waals surface area contributed by atoms with Gasteiger partial charge in [-0.05, 0) is 44.3 Å². The first kappa shape index (κ1) is 11.7. The van der Waals surface area contributed by atoms with Crippen molar-refractivity contribution in [1.29, 1.82) is 0 Å². The van der Waals surface area contributed by atoms with Crippen LogP contribution < -0.4 is 0 Å². The Labute approximate surface area is 99.5 Å². The molecule has 0 aliphatic carbocycles. The predicted octanol–water partition coefficient (Wildman–Crippen LogP) is 3.62. The van der Waals surface area contributed by atoms with Crippen molar-refractivity contribution in [3.05, 3.63) is 35.4 Å². The summed E-state index contributed by atoms with van der Waals surface area (Å²) in [7, 11) is 0. The van der Waals surface area contributed by atoms with Crippen LogP contribution in [0.15, 0.2) is 24.3 Å². The van der Waals surface area contributed by atoms with Crippen molar-refractivity contribution in [3.63, 3.8) is 0 Å². The molecule has 1 nitrogen and oxygen atoms in total. The lowest BCUT2D eigenvalue weighted by molar-refractivity contribution is 0.175. The maximum atomic E-state index is 2.59. The van der Waals surface area contributed by atoms with Crippen molar-refractivity contribution < 1.29 is 0 Å². The second-order valence-corrected chi connectivity index (χ2v) is 5.11. The Kier molecular flexibility index (Phi) is 4.00. The summed E-state index contributed by atoms with van der Waals surface area (Å²) in [6, 6.07) is 8.96. The Hall–Kier alpha value is -0.820. The highest BCUT2D eigenvalue weighted by molar-refractivity contribution is 5.21. The fourth-order valence-electron chi connectivity index (χ4n) is 2.50. The number of nitrogens with zero attached hydrogens (tertiary/aromatic N) is 1. The van der Waals surface area contributed by atoms with Gasteiger partial charge in [0.2, 0.25) is 0 Å². The molecule has 0 amide bonds. The maximum Gasteiger partial charge on any atom is 0.0233 e. The summed E-state index contributed by atoms with van der Waals surface area (Å²) < 4.78 is 0. The largest absolute Gasteiger partial charge is 0.299 e. The average molecular weight is 217 g/mol. The van der Waals surface area contributed by atoms with Crippen LogP contribution >= 0.6 is 0 Å². The van der Waals surface area contributed by atoms with Crippen LogP contribution in [0.2, 0.25) is 0 Å². The molecule has 1 heterocycles. The molecule has 1 aliphatic rings. The lowest BCUT2D eigenvalue weighted by Crippen LogP contribution is -2.32. The minimum atomic E-state index is 0.981. The molecule has 1 fully saturated rings. The summed E-state index contributed by atoms with van der Waals surface area (Å²) >= 11 is 0. The van der Waals surface area contributed by atoms with E-state index in [1.54, 1.807) is 0 Å². The Morgan fingerprint density at radius 3 is 2.31 bits per heavy atom. The summed E-state index contributed by atoms with van der Waals surface area (Å²) in [5.74, 6) is 0.981. The molecule has 1 aromatic rings. The highest BCUT2D eigenvalue weighted by Crippen LogP contribution is 2.21. The van der Waals surface area contributed by atoms with Crippen LogP contribution in [0.4, 0.5) is 0 Å². The Morgan fingerprint density at radius 2 is 1.75 bits per heavy atom. The van der Waals surface area contributed by atoms with Crippen molar-refractivity contribution in [2.75, 3.05) is 13.1 Å². The number of rotatable bonds is 3. The van der Waals surface area contributed by atoms with E-state index in [2.05, 4.69) is 43.0 Å². The lowest BCUT2D eigenvalue weighted by atomic mass is 9.94. The predicted molar refractivity (Wildman–Crippen MR) is 69.5 cm³/mol. The zero-order chi connectivity index (χ0) is 11.4. The molecule has 1 aliphatic heterocycles. The quantitative estimate of drug-likeness (QED) is 0.747. The Morgan fingerprint density at radius 1 is 1.12 bits per heavy atom. The lowest BCUT2D eigenvalue weighted by Gasteiger charge is -2.31. The minimum absolute atomic E-state index is 0.981. The second kappa shape index (κ2) is 5.49. The molecule has 0 aromatic heterocycles. The van der Waals surface area contributed by atoms with Crippen LogP contribution in [0.3, 0.4) is 0 Å². The van der Waals surface area contributed by atoms with Crippen LogP contribution in [-0.2, 0) is 6.54 Å². The number of likely N-dealkylation sites (tertiary alicyclic amines) is 1. The third-order valence-electron chi connectivity index (χ3n) is 3.81. The van der Waals surface area contributed by atoms with Crippen LogP contribution in [-0.4, -0.2) is 18.0 Å². The molecule has 0 atom stereocenters. The monoisotopic (exact) mass is 217 g/mol. The third kappa shape index (κ3) is 3.08. The molecule has 0 saturated carbocycles. The van der Waals surface area contributed by atoms with Crippen LogP contribution in [0.1, 0.15) is 37.3 Å². The molecule has 0 unspecified atom stereocenters. The second-order valence-electron chi connectivity index (χ2n) is 5.11. The van der Waals surface area contributed by atoms with Gasteiger partial charge < -0.3 is 0 Å². The smallest absolute Gasteiger partial charge is 0.0233 e. The summed E-state index contributed by atoms with van der Waals surface area (Å²) in [5, 5.41) is 0. The molecular formula is C15H23N. The van der Waals surface area contributed by atoms with Crippen LogP contribution in [0, 0.1) is 12.8 Å². The first-order chi connectivity index (χ1) is 7.78. The van der Waals surface area contributed by atoms with Gasteiger partial charge in [0.15, 0.2) is 0 Å². The standard InChI is InChI=1S/C15H23N/c1-3-14-8-10-16(11-9-14)12-15-6-4-13(2)5-7-15/h4-7,14H,3,8-12H2,1-2H3. The van der Waals surface area contributed by atoms with Crippen molar-refractivity contribution in [3.8, 4) is 0 Å². The molecule has 16 heavy (non-hydrogen) atoms. The van der Waals surface area contributed by atoms with E-state index in [0.29, 0.717) is 0 Å². The van der Waals surface area contributed by atoms with Crippen molar-refractivity contribution in [2.24, 2.45) is 5.92 Å². The molecule has 1 aromatic carbocycles. The zero-order valence-corrected chi connectivity index (χ0v) is 10.6. The molecule has 0 bridgehead atoms. The van der Waals surface area contributed by atoms with E-state index in [4.69, 9.17) is 0 Å². The molecular weight excluding hydrogens is 194 g/mol. The number of piperidine rings is 1. The van der Waals surface area contributed by atoms with Gasteiger partial charge in [-0.3, -0.25) is 4.90 Å². The number of benzene rings is 1. The van der Waals surface area contributed by atoms with Gasteiger partial charge in [0.1, 0.15) is 0 Å². The van der Waals surface area contributed by atoms with Gasteiger partial charge >= 0.3 is 0 Å². The van der Waals surface area contributed by atoms with Crippen LogP contribution in [0.5, 0.6) is 0 Å². The zero-order valence-electron chi connectivity index (χ0n) is 10.6. The van der Waals surface area contributed by atoms with Crippen molar-refractivity contribution in [1.82, 2.24) is 4.90 Å². The molecule has 1 saturated heterocycles. The van der Waals surface area contributed by atoms with E-state index in [9.17, 15) is 0 Å². The van der Waals surface area contributed by atoms with E-state index >= 15 is 0 Å². The van der Waals surface area contributed by atoms with E-state index in [-0.39, 0.29) is 0 Å². The third-order valence-corrected chi connectivity index (χ3v) is 3.81. The summed E-state index contributed by atoms with van der Waals surface area (Å²) in [6.07, 6.45) is 4.14. The maximum absolute atomic E-state index is 2.59. The Balaban J connectivity index is 1.84. The van der Waals surface area contributed by atoms with Gasteiger partial charge in [0, 0.05) is 6.54 Å². The molecule has 1 heteroatoms. The number of hydrogen-bond donors (Lipinski definition) is 0. The summed E-state index contributed by atoms with van der Waals surface area (Å²) in [4.78, 5) is 2.59. The topological polar surface area (TPSA) is 3.24 Å². The molecule has 0 radical (unpaired) electrons. The summed E-state index contributed by atoms with van der Waals surface area (Å²) in [5.41, 5.74) is 2.81. The van der Waals surface area contributed by atoms with Gasteiger partial charge in [-0.2, -0.15) is 0 Å². The average Bonchev–Trinajstić information content (AvgIpc) is 2.33. The van der Waals surface area contributed by atoms with Gasteiger partial charge in [-0.25, -0.2) is 0 Å². The first-order valence-electron chi connectivity index (χ1n) is 6.56. The normalized spacial score (nSPS) is 18.9. The fraction of sp³-hybridized carbons (Fsp3) is 0.600. The number of hydrogen-bond acceptors (Lipinski definition) is 1. The number of aryl methyl sites for hydroxylation is 1. The molecule has 2 rings (SSSR count). The van der Waals surface area contributed by atoms with Gasteiger partial charge in [-0.1, -0.05) is 43.2 Å². The minimum Gasteiger partial charge on any atom is -0.299 e. The SMILES string of the molecule is CCC1CCN(Cc2ccc(C)cc2)CC1.